The van der Waals surface area contributed by atoms with Crippen LogP contribution >= 0.6 is 0 Å². The van der Waals surface area contributed by atoms with Crippen molar-refractivity contribution in [2.75, 3.05) is 7.11 Å². The van der Waals surface area contributed by atoms with Gasteiger partial charge in [0.1, 0.15) is 5.75 Å². The number of para-hydroxylation sites is 1. The number of hydrogen-bond acceptors (Lipinski definition) is 2. The zero-order chi connectivity index (χ0) is 17.8. The summed E-state index contributed by atoms with van der Waals surface area (Å²) >= 11 is 0. The van der Waals surface area contributed by atoms with E-state index in [4.69, 9.17) is 4.74 Å². The lowest BCUT2D eigenvalue weighted by molar-refractivity contribution is 0.414. The molecule has 2 aromatic carbocycles. The number of benzene rings is 2. The third kappa shape index (κ3) is 3.19. The largest absolute Gasteiger partial charge is 0.497 e. The maximum Gasteiger partial charge on any atom is 0.259 e. The number of nitrogens with zero attached hydrogens (tertiary/aromatic N) is 1. The fourth-order valence-corrected chi connectivity index (χ4v) is 3.49. The molecule has 0 fully saturated rings. The van der Waals surface area contributed by atoms with E-state index in [-0.39, 0.29) is 5.56 Å². The van der Waals surface area contributed by atoms with E-state index in [1.807, 2.05) is 41.0 Å². The van der Waals surface area contributed by atoms with E-state index in [2.05, 4.69) is 26.0 Å². The minimum absolute atomic E-state index is 0.106. The molecular weight excluding hydrogens is 310 g/mol. The van der Waals surface area contributed by atoms with Gasteiger partial charge in [-0.05, 0) is 48.7 Å². The number of ether oxygens (including phenoxy) is 1. The summed E-state index contributed by atoms with van der Waals surface area (Å²) in [6.45, 7) is 4.29. The van der Waals surface area contributed by atoms with Crippen molar-refractivity contribution < 1.29 is 4.74 Å². The highest BCUT2D eigenvalue weighted by atomic mass is 16.5. The predicted molar refractivity (Wildman–Crippen MR) is 104 cm³/mol. The molecule has 0 saturated carbocycles. The molecule has 130 valence electrons. The van der Waals surface area contributed by atoms with Crippen molar-refractivity contribution in [2.24, 2.45) is 0 Å². The first kappa shape index (κ1) is 17.3. The average molecular weight is 335 g/mol. The number of fused-ring (bicyclic) bond motifs is 1. The second-order valence-corrected chi connectivity index (χ2v) is 6.31. The molecule has 0 spiro atoms. The van der Waals surface area contributed by atoms with E-state index in [0.29, 0.717) is 0 Å². The first-order valence-corrected chi connectivity index (χ1v) is 9.01. The molecule has 0 N–H and O–H groups in total. The maximum atomic E-state index is 13.4. The molecule has 3 nitrogen and oxygen atoms in total. The number of aryl methyl sites for hydroxylation is 1. The van der Waals surface area contributed by atoms with Crippen molar-refractivity contribution >= 4 is 10.9 Å². The molecule has 0 aliphatic rings. The molecule has 3 rings (SSSR count). The van der Waals surface area contributed by atoms with Gasteiger partial charge in [-0.15, -0.1) is 0 Å². The minimum Gasteiger partial charge on any atom is -0.497 e. The third-order valence-electron chi connectivity index (χ3n) is 4.63. The number of rotatable bonds is 6. The number of methoxy groups -OCH3 is 1. The first-order chi connectivity index (χ1) is 12.2. The van der Waals surface area contributed by atoms with Crippen molar-refractivity contribution in [3.05, 3.63) is 70.0 Å². The summed E-state index contributed by atoms with van der Waals surface area (Å²) in [6, 6.07) is 15.9. The Morgan fingerprint density at radius 2 is 1.52 bits per heavy atom. The lowest BCUT2D eigenvalue weighted by Gasteiger charge is -2.18. The van der Waals surface area contributed by atoms with Crippen LogP contribution in [-0.4, -0.2) is 11.7 Å². The van der Waals surface area contributed by atoms with E-state index in [0.717, 1.165) is 48.2 Å². The fourth-order valence-electron chi connectivity index (χ4n) is 3.49. The van der Waals surface area contributed by atoms with Crippen molar-refractivity contribution in [3.63, 3.8) is 0 Å². The van der Waals surface area contributed by atoms with Crippen molar-refractivity contribution in [2.45, 2.75) is 39.5 Å². The lowest BCUT2D eigenvalue weighted by Crippen LogP contribution is -2.25. The standard InChI is InChI=1S/C22H25NO2/c1-4-8-18-19-10-6-7-11-21(19)23(22(24)20(18)9-5-2)16-12-14-17(25-3)15-13-16/h6-7,10-15H,4-5,8-9H2,1-3H3. The summed E-state index contributed by atoms with van der Waals surface area (Å²) in [5.41, 5.74) is 4.13. The monoisotopic (exact) mass is 335 g/mol. The van der Waals surface area contributed by atoms with Crippen LogP contribution in [0.25, 0.3) is 16.6 Å². The Balaban J connectivity index is 2.35. The average Bonchev–Trinajstić information content (AvgIpc) is 2.65. The maximum absolute atomic E-state index is 13.4. The van der Waals surface area contributed by atoms with Crippen LogP contribution in [0.5, 0.6) is 5.75 Å². The molecule has 0 amide bonds. The highest BCUT2D eigenvalue weighted by molar-refractivity contribution is 5.85. The van der Waals surface area contributed by atoms with Gasteiger partial charge >= 0.3 is 0 Å². The highest BCUT2D eigenvalue weighted by Crippen LogP contribution is 2.25. The van der Waals surface area contributed by atoms with Crippen LogP contribution in [0.4, 0.5) is 0 Å². The van der Waals surface area contributed by atoms with Crippen molar-refractivity contribution in [3.8, 4) is 11.4 Å². The van der Waals surface area contributed by atoms with E-state index in [9.17, 15) is 4.79 Å². The number of pyridine rings is 1. The Morgan fingerprint density at radius 1 is 0.880 bits per heavy atom. The molecule has 0 saturated heterocycles. The summed E-state index contributed by atoms with van der Waals surface area (Å²) in [5.74, 6) is 0.789. The molecule has 0 atom stereocenters. The Morgan fingerprint density at radius 3 is 2.16 bits per heavy atom. The van der Waals surface area contributed by atoms with Crippen molar-refractivity contribution in [1.29, 1.82) is 0 Å². The van der Waals surface area contributed by atoms with E-state index < -0.39 is 0 Å². The van der Waals surface area contributed by atoms with Gasteiger partial charge in [-0.3, -0.25) is 9.36 Å². The van der Waals surface area contributed by atoms with Crippen LogP contribution in [0.1, 0.15) is 37.8 Å². The van der Waals surface area contributed by atoms with Gasteiger partial charge in [-0.25, -0.2) is 0 Å². The smallest absolute Gasteiger partial charge is 0.259 e. The van der Waals surface area contributed by atoms with Crippen LogP contribution < -0.4 is 10.3 Å². The first-order valence-electron chi connectivity index (χ1n) is 9.01. The molecule has 1 heterocycles. The van der Waals surface area contributed by atoms with Gasteiger partial charge < -0.3 is 4.74 Å². The summed E-state index contributed by atoms with van der Waals surface area (Å²) in [7, 11) is 1.65. The van der Waals surface area contributed by atoms with Crippen molar-refractivity contribution in [1.82, 2.24) is 4.57 Å². The summed E-state index contributed by atoms with van der Waals surface area (Å²) in [5, 5.41) is 1.18. The normalized spacial score (nSPS) is 11.0. The van der Waals surface area contributed by atoms with Crippen LogP contribution in [0, 0.1) is 0 Å². The topological polar surface area (TPSA) is 31.2 Å². The molecule has 0 aliphatic carbocycles. The molecule has 25 heavy (non-hydrogen) atoms. The highest BCUT2D eigenvalue weighted by Gasteiger charge is 2.16. The quantitative estimate of drug-likeness (QED) is 0.641. The molecule has 3 aromatic rings. The van der Waals surface area contributed by atoms with Gasteiger partial charge in [0.15, 0.2) is 0 Å². The molecule has 3 heteroatoms. The number of aromatic nitrogens is 1. The summed E-state index contributed by atoms with van der Waals surface area (Å²) in [4.78, 5) is 13.4. The Hall–Kier alpha value is -2.55. The fraction of sp³-hybridized carbons (Fsp3) is 0.318. The molecule has 0 unspecified atom stereocenters. The summed E-state index contributed by atoms with van der Waals surface area (Å²) < 4.78 is 7.09. The Kier molecular flexibility index (Phi) is 5.22. The predicted octanol–water partition coefficient (Wildman–Crippen LogP) is 4.90. The molecule has 0 aliphatic heterocycles. The Bertz CT molecular complexity index is 923. The van der Waals surface area contributed by atoms with Crippen LogP contribution in [0.3, 0.4) is 0 Å². The van der Waals surface area contributed by atoms with Crippen LogP contribution in [-0.2, 0) is 12.8 Å². The number of hydrogen-bond donors (Lipinski definition) is 0. The molecule has 0 bridgehead atoms. The minimum atomic E-state index is 0.106. The van der Waals surface area contributed by atoms with Gasteiger partial charge in [-0.1, -0.05) is 44.9 Å². The second kappa shape index (κ2) is 7.56. The van der Waals surface area contributed by atoms with Gasteiger partial charge in [-0.2, -0.15) is 0 Å². The molecule has 1 aromatic heterocycles. The van der Waals surface area contributed by atoms with E-state index >= 15 is 0 Å². The van der Waals surface area contributed by atoms with Crippen LogP contribution in [0.2, 0.25) is 0 Å². The van der Waals surface area contributed by atoms with Gasteiger partial charge in [0.2, 0.25) is 0 Å². The molecular formula is C22H25NO2. The van der Waals surface area contributed by atoms with Crippen LogP contribution in [0.15, 0.2) is 53.3 Å². The lowest BCUT2D eigenvalue weighted by atomic mass is 9.96. The third-order valence-corrected chi connectivity index (χ3v) is 4.63. The zero-order valence-corrected chi connectivity index (χ0v) is 15.2. The zero-order valence-electron chi connectivity index (χ0n) is 15.2. The second-order valence-electron chi connectivity index (χ2n) is 6.31. The SMILES string of the molecule is CCCc1c(CCC)c2ccccc2n(-c2ccc(OC)cc2)c1=O. The van der Waals surface area contributed by atoms with E-state index in [1.54, 1.807) is 7.11 Å². The van der Waals surface area contributed by atoms with Gasteiger partial charge in [0.25, 0.3) is 5.56 Å². The van der Waals surface area contributed by atoms with Gasteiger partial charge in [0, 0.05) is 16.6 Å². The molecule has 0 radical (unpaired) electrons. The summed E-state index contributed by atoms with van der Waals surface area (Å²) in [6.07, 6.45) is 3.75. The Labute approximate surface area is 148 Å². The van der Waals surface area contributed by atoms with E-state index in [1.165, 1.54) is 10.9 Å². The van der Waals surface area contributed by atoms with Gasteiger partial charge in [0.05, 0.1) is 12.6 Å².